The second-order valence-corrected chi connectivity index (χ2v) is 7.28. The third kappa shape index (κ3) is 4.37. The molecular formula is C17H23N3OS. The van der Waals surface area contributed by atoms with Crippen LogP contribution in [0.15, 0.2) is 41.7 Å². The molecule has 5 heteroatoms. The number of thioether (sulfide) groups is 1. The monoisotopic (exact) mass is 317 g/mol. The fraction of sp³-hybridized carbons (Fsp3) is 0.412. The van der Waals surface area contributed by atoms with Gasteiger partial charge in [-0.05, 0) is 32.8 Å². The highest BCUT2D eigenvalue weighted by Gasteiger charge is 2.23. The summed E-state index contributed by atoms with van der Waals surface area (Å²) < 4.78 is 0. The molecule has 0 spiro atoms. The topological polar surface area (TPSA) is 57.8 Å². The maximum atomic E-state index is 12.2. The molecule has 1 aromatic carbocycles. The molecule has 1 atom stereocenters. The second-order valence-electron chi connectivity index (χ2n) is 5.95. The summed E-state index contributed by atoms with van der Waals surface area (Å²) in [5.74, 6) is 0.0366. The van der Waals surface area contributed by atoms with Gasteiger partial charge in [-0.15, -0.1) is 0 Å². The Morgan fingerprint density at radius 1 is 1.36 bits per heavy atom. The van der Waals surface area contributed by atoms with Crippen LogP contribution >= 0.6 is 11.8 Å². The Morgan fingerprint density at radius 3 is 2.68 bits per heavy atom. The van der Waals surface area contributed by atoms with Crippen molar-refractivity contribution < 1.29 is 4.79 Å². The number of amides is 1. The number of aromatic amines is 1. The molecule has 0 aliphatic heterocycles. The van der Waals surface area contributed by atoms with Gasteiger partial charge < -0.3 is 10.3 Å². The molecule has 1 aromatic heterocycles. The molecule has 1 amide bonds. The summed E-state index contributed by atoms with van der Waals surface area (Å²) in [6.45, 7) is 8.03. The van der Waals surface area contributed by atoms with Crippen LogP contribution in [0.3, 0.4) is 0 Å². The highest BCUT2D eigenvalue weighted by molar-refractivity contribution is 8.00. The minimum atomic E-state index is -0.194. The number of carbonyl (C=O) groups is 1. The summed E-state index contributed by atoms with van der Waals surface area (Å²) in [7, 11) is 0. The van der Waals surface area contributed by atoms with Gasteiger partial charge in [0.05, 0.1) is 17.1 Å². The van der Waals surface area contributed by atoms with Crippen LogP contribution < -0.4 is 5.32 Å². The maximum Gasteiger partial charge on any atom is 0.233 e. The Bertz CT molecular complexity index is 622. The average molecular weight is 317 g/mol. The highest BCUT2D eigenvalue weighted by Crippen LogP contribution is 2.24. The van der Waals surface area contributed by atoms with Crippen LogP contribution in [-0.2, 0) is 4.79 Å². The number of imidazole rings is 1. The first kappa shape index (κ1) is 16.6. The number of carbonyl (C=O) groups excluding carboxylic acids is 1. The standard InChI is InChI=1S/C17H23N3OS/c1-5-17(3,4)20-15(21)12(2)22-16-18-11-14(19-16)13-9-7-6-8-10-13/h6-12H,5H2,1-4H3,(H,18,19)(H,20,21). The van der Waals surface area contributed by atoms with Gasteiger partial charge in [0, 0.05) is 5.54 Å². The smallest absolute Gasteiger partial charge is 0.233 e. The first-order valence-electron chi connectivity index (χ1n) is 7.50. The van der Waals surface area contributed by atoms with Gasteiger partial charge in [-0.3, -0.25) is 4.79 Å². The van der Waals surface area contributed by atoms with Crippen LogP contribution in [-0.4, -0.2) is 26.7 Å². The van der Waals surface area contributed by atoms with E-state index in [-0.39, 0.29) is 16.7 Å². The molecular weight excluding hydrogens is 294 g/mol. The van der Waals surface area contributed by atoms with Crippen LogP contribution in [0.25, 0.3) is 11.3 Å². The van der Waals surface area contributed by atoms with E-state index in [9.17, 15) is 4.79 Å². The van der Waals surface area contributed by atoms with Gasteiger partial charge in [0.2, 0.25) is 5.91 Å². The lowest BCUT2D eigenvalue weighted by Gasteiger charge is -2.26. The molecule has 0 fully saturated rings. The zero-order valence-electron chi connectivity index (χ0n) is 13.5. The van der Waals surface area contributed by atoms with E-state index >= 15 is 0 Å². The van der Waals surface area contributed by atoms with Crippen molar-refractivity contribution in [2.24, 2.45) is 0 Å². The molecule has 0 radical (unpaired) electrons. The maximum absolute atomic E-state index is 12.2. The number of hydrogen-bond donors (Lipinski definition) is 2. The molecule has 0 aliphatic carbocycles. The lowest BCUT2D eigenvalue weighted by atomic mass is 10.0. The molecule has 1 unspecified atom stereocenters. The number of nitrogens with zero attached hydrogens (tertiary/aromatic N) is 1. The Kier molecular flexibility index (Phi) is 5.29. The molecule has 0 aliphatic rings. The zero-order valence-corrected chi connectivity index (χ0v) is 14.3. The summed E-state index contributed by atoms with van der Waals surface area (Å²) >= 11 is 1.44. The Hall–Kier alpha value is -1.75. The molecule has 0 saturated carbocycles. The van der Waals surface area contributed by atoms with Crippen LogP contribution in [0.1, 0.15) is 34.1 Å². The SMILES string of the molecule is CCC(C)(C)NC(=O)C(C)Sc1ncc(-c2ccccc2)[nH]1. The molecule has 22 heavy (non-hydrogen) atoms. The summed E-state index contributed by atoms with van der Waals surface area (Å²) in [6.07, 6.45) is 2.70. The van der Waals surface area contributed by atoms with Gasteiger partial charge in [-0.1, -0.05) is 49.0 Å². The van der Waals surface area contributed by atoms with Gasteiger partial charge in [-0.2, -0.15) is 0 Å². The predicted octanol–water partition coefficient (Wildman–Crippen LogP) is 3.86. The average Bonchev–Trinajstić information content (AvgIpc) is 2.96. The van der Waals surface area contributed by atoms with Crippen molar-refractivity contribution in [2.75, 3.05) is 0 Å². The molecule has 0 saturated heterocycles. The van der Waals surface area contributed by atoms with Crippen molar-refractivity contribution in [3.8, 4) is 11.3 Å². The van der Waals surface area contributed by atoms with Crippen molar-refractivity contribution in [3.63, 3.8) is 0 Å². The molecule has 2 rings (SSSR count). The van der Waals surface area contributed by atoms with Crippen LogP contribution in [0, 0.1) is 0 Å². The quantitative estimate of drug-likeness (QED) is 0.795. The van der Waals surface area contributed by atoms with E-state index in [1.807, 2.05) is 51.1 Å². The van der Waals surface area contributed by atoms with E-state index in [0.717, 1.165) is 22.8 Å². The third-order valence-electron chi connectivity index (χ3n) is 3.64. The van der Waals surface area contributed by atoms with Gasteiger partial charge >= 0.3 is 0 Å². The van der Waals surface area contributed by atoms with Crippen molar-refractivity contribution in [3.05, 3.63) is 36.5 Å². The number of hydrogen-bond acceptors (Lipinski definition) is 3. The van der Waals surface area contributed by atoms with Gasteiger partial charge in [0.1, 0.15) is 0 Å². The molecule has 1 heterocycles. The summed E-state index contributed by atoms with van der Waals surface area (Å²) in [5, 5.41) is 3.63. The lowest BCUT2D eigenvalue weighted by Crippen LogP contribution is -2.46. The second kappa shape index (κ2) is 7.01. The molecule has 2 N–H and O–H groups in total. The van der Waals surface area contributed by atoms with Crippen molar-refractivity contribution in [1.29, 1.82) is 0 Å². The number of H-pyrrole nitrogens is 1. The number of rotatable bonds is 6. The first-order chi connectivity index (χ1) is 10.4. The van der Waals surface area contributed by atoms with Crippen molar-refractivity contribution in [2.45, 2.75) is 50.1 Å². The number of aromatic nitrogens is 2. The van der Waals surface area contributed by atoms with E-state index in [4.69, 9.17) is 0 Å². The third-order valence-corrected chi connectivity index (χ3v) is 4.64. The van der Waals surface area contributed by atoms with E-state index in [1.54, 1.807) is 6.20 Å². The van der Waals surface area contributed by atoms with Gasteiger partial charge in [0.15, 0.2) is 5.16 Å². The summed E-state index contributed by atoms with van der Waals surface area (Å²) in [6, 6.07) is 10.0. The lowest BCUT2D eigenvalue weighted by molar-refractivity contribution is -0.121. The van der Waals surface area contributed by atoms with Crippen molar-refractivity contribution >= 4 is 17.7 Å². The predicted molar refractivity (Wildman–Crippen MR) is 91.9 cm³/mol. The Balaban J connectivity index is 1.99. The summed E-state index contributed by atoms with van der Waals surface area (Å²) in [4.78, 5) is 19.8. The number of benzene rings is 1. The molecule has 118 valence electrons. The van der Waals surface area contributed by atoms with Crippen LogP contribution in [0.2, 0.25) is 0 Å². The minimum absolute atomic E-state index is 0.0366. The van der Waals surface area contributed by atoms with E-state index in [1.165, 1.54) is 11.8 Å². The first-order valence-corrected chi connectivity index (χ1v) is 8.38. The highest BCUT2D eigenvalue weighted by atomic mass is 32.2. The normalized spacial score (nSPS) is 12.9. The summed E-state index contributed by atoms with van der Waals surface area (Å²) in [5.41, 5.74) is 1.88. The molecule has 0 bridgehead atoms. The van der Waals surface area contributed by atoms with Gasteiger partial charge in [0.25, 0.3) is 0 Å². The molecule has 2 aromatic rings. The number of nitrogens with one attached hydrogen (secondary N) is 2. The fourth-order valence-corrected chi connectivity index (χ4v) is 2.66. The van der Waals surface area contributed by atoms with Crippen LogP contribution in [0.5, 0.6) is 0 Å². The molecule has 4 nitrogen and oxygen atoms in total. The van der Waals surface area contributed by atoms with E-state index in [0.29, 0.717) is 0 Å². The van der Waals surface area contributed by atoms with Crippen LogP contribution in [0.4, 0.5) is 0 Å². The fourth-order valence-electron chi connectivity index (χ4n) is 1.87. The Morgan fingerprint density at radius 2 is 2.05 bits per heavy atom. The van der Waals surface area contributed by atoms with Gasteiger partial charge in [-0.25, -0.2) is 4.98 Å². The van der Waals surface area contributed by atoms with E-state index < -0.39 is 0 Å². The zero-order chi connectivity index (χ0) is 16.2. The largest absolute Gasteiger partial charge is 0.350 e. The van der Waals surface area contributed by atoms with Crippen molar-refractivity contribution in [1.82, 2.24) is 15.3 Å². The Labute approximate surface area is 136 Å². The van der Waals surface area contributed by atoms with E-state index in [2.05, 4.69) is 22.2 Å². The minimum Gasteiger partial charge on any atom is -0.350 e.